The highest BCUT2D eigenvalue weighted by atomic mass is 79.9. The third-order valence-electron chi connectivity index (χ3n) is 3.48. The summed E-state index contributed by atoms with van der Waals surface area (Å²) in [4.78, 5) is 16.4. The largest absolute Gasteiger partial charge is 0.493 e. The van der Waals surface area contributed by atoms with Crippen molar-refractivity contribution in [1.29, 1.82) is 0 Å². The third kappa shape index (κ3) is 3.57. The summed E-state index contributed by atoms with van der Waals surface area (Å²) in [6.45, 7) is 4.52. The molecule has 0 saturated heterocycles. The van der Waals surface area contributed by atoms with Gasteiger partial charge in [0.05, 0.1) is 11.1 Å². The second-order valence-corrected chi connectivity index (χ2v) is 6.18. The lowest BCUT2D eigenvalue weighted by Gasteiger charge is -2.06. The van der Waals surface area contributed by atoms with Gasteiger partial charge in [-0.15, -0.1) is 0 Å². The van der Waals surface area contributed by atoms with Crippen molar-refractivity contribution in [3.05, 3.63) is 69.3 Å². The van der Waals surface area contributed by atoms with Crippen molar-refractivity contribution in [2.75, 3.05) is 6.61 Å². The maximum atomic E-state index is 12.0. The molecular formula is C19H16BrNO3. The van der Waals surface area contributed by atoms with Gasteiger partial charge in [0.2, 0.25) is 5.90 Å². The second-order valence-electron chi connectivity index (χ2n) is 5.32. The minimum Gasteiger partial charge on any atom is -0.493 e. The highest BCUT2D eigenvalue weighted by Gasteiger charge is 2.24. The van der Waals surface area contributed by atoms with E-state index < -0.39 is 5.97 Å². The zero-order valence-electron chi connectivity index (χ0n) is 13.4. The molecule has 0 spiro atoms. The first-order valence-corrected chi connectivity index (χ1v) is 8.38. The summed E-state index contributed by atoms with van der Waals surface area (Å²) in [5.74, 6) is 0.643. The van der Waals surface area contributed by atoms with Crippen LogP contribution in [-0.2, 0) is 9.53 Å². The molecule has 0 N–H and O–H groups in total. The zero-order chi connectivity index (χ0) is 17.1. The molecule has 122 valence electrons. The van der Waals surface area contributed by atoms with Gasteiger partial charge in [-0.3, -0.25) is 0 Å². The second kappa shape index (κ2) is 7.01. The van der Waals surface area contributed by atoms with Gasteiger partial charge in [-0.05, 0) is 65.7 Å². The van der Waals surface area contributed by atoms with E-state index in [1.807, 2.05) is 56.3 Å². The number of benzene rings is 2. The van der Waals surface area contributed by atoms with E-state index in [4.69, 9.17) is 9.47 Å². The number of esters is 1. The number of carbonyl (C=O) groups excluding carboxylic acids is 1. The number of rotatable bonds is 4. The Bertz CT molecular complexity index is 838. The number of ether oxygens (including phenoxy) is 2. The molecule has 0 saturated carbocycles. The molecule has 2 aromatic rings. The molecule has 0 fully saturated rings. The Morgan fingerprint density at radius 1 is 1.21 bits per heavy atom. The summed E-state index contributed by atoms with van der Waals surface area (Å²) in [7, 11) is 0. The number of aliphatic imine (C=N–C) groups is 1. The Labute approximate surface area is 148 Å². The Hall–Kier alpha value is -2.40. The van der Waals surface area contributed by atoms with Gasteiger partial charge < -0.3 is 9.47 Å². The highest BCUT2D eigenvalue weighted by molar-refractivity contribution is 9.10. The summed E-state index contributed by atoms with van der Waals surface area (Å²) < 4.78 is 11.6. The lowest BCUT2D eigenvalue weighted by Crippen LogP contribution is -2.05. The van der Waals surface area contributed by atoms with Crippen LogP contribution in [0.25, 0.3) is 6.08 Å². The van der Waals surface area contributed by atoms with E-state index in [9.17, 15) is 4.79 Å². The van der Waals surface area contributed by atoms with Crippen molar-refractivity contribution in [3.8, 4) is 5.75 Å². The maximum absolute atomic E-state index is 12.0. The highest BCUT2D eigenvalue weighted by Crippen LogP contribution is 2.28. The molecule has 0 atom stereocenters. The number of aryl methyl sites for hydroxylation is 1. The molecule has 4 nitrogen and oxygen atoms in total. The SMILES string of the molecule is CCOc1ccc(/C=C2/N=C(c3ccc(C)cc3)OC2=O)cc1Br. The first-order chi connectivity index (χ1) is 11.6. The van der Waals surface area contributed by atoms with Crippen LogP contribution in [0.4, 0.5) is 0 Å². The quantitative estimate of drug-likeness (QED) is 0.574. The fourth-order valence-corrected chi connectivity index (χ4v) is 2.78. The van der Waals surface area contributed by atoms with E-state index in [0.717, 1.165) is 26.9 Å². The van der Waals surface area contributed by atoms with Crippen LogP contribution in [0.3, 0.4) is 0 Å². The van der Waals surface area contributed by atoms with Crippen LogP contribution in [0, 0.1) is 6.92 Å². The molecule has 0 aromatic heterocycles. The molecule has 3 rings (SSSR count). The number of carbonyl (C=O) groups is 1. The summed E-state index contributed by atoms with van der Waals surface area (Å²) >= 11 is 3.46. The monoisotopic (exact) mass is 385 g/mol. The van der Waals surface area contributed by atoms with Crippen LogP contribution in [0.15, 0.2) is 57.6 Å². The molecule has 0 radical (unpaired) electrons. The fraction of sp³-hybridized carbons (Fsp3) is 0.158. The van der Waals surface area contributed by atoms with Gasteiger partial charge in [0.1, 0.15) is 5.75 Å². The molecule has 0 unspecified atom stereocenters. The summed E-state index contributed by atoms with van der Waals surface area (Å²) in [6, 6.07) is 13.3. The Morgan fingerprint density at radius 2 is 1.96 bits per heavy atom. The van der Waals surface area contributed by atoms with Crippen molar-refractivity contribution in [2.45, 2.75) is 13.8 Å². The normalized spacial score (nSPS) is 15.4. The summed E-state index contributed by atoms with van der Waals surface area (Å²) in [5, 5.41) is 0. The summed E-state index contributed by atoms with van der Waals surface area (Å²) in [5.41, 5.74) is 3.04. The third-order valence-corrected chi connectivity index (χ3v) is 4.10. The van der Waals surface area contributed by atoms with Crippen LogP contribution < -0.4 is 4.74 Å². The molecule has 5 heteroatoms. The first kappa shape index (κ1) is 16.5. The van der Waals surface area contributed by atoms with Gasteiger partial charge in [-0.2, -0.15) is 0 Å². The van der Waals surface area contributed by atoms with E-state index in [1.165, 1.54) is 0 Å². The van der Waals surface area contributed by atoms with Gasteiger partial charge in [0.25, 0.3) is 0 Å². The fourth-order valence-electron chi connectivity index (χ4n) is 2.27. The number of halogens is 1. The van der Waals surface area contributed by atoms with Crippen molar-refractivity contribution in [2.24, 2.45) is 4.99 Å². The maximum Gasteiger partial charge on any atom is 0.363 e. The Kier molecular flexibility index (Phi) is 4.81. The van der Waals surface area contributed by atoms with E-state index >= 15 is 0 Å². The lowest BCUT2D eigenvalue weighted by molar-refractivity contribution is -0.129. The van der Waals surface area contributed by atoms with E-state index in [2.05, 4.69) is 20.9 Å². The van der Waals surface area contributed by atoms with Gasteiger partial charge in [-0.1, -0.05) is 23.8 Å². The molecule has 0 amide bonds. The lowest BCUT2D eigenvalue weighted by atomic mass is 10.1. The van der Waals surface area contributed by atoms with E-state index in [0.29, 0.717) is 12.5 Å². The summed E-state index contributed by atoms with van der Waals surface area (Å²) in [6.07, 6.45) is 1.70. The van der Waals surface area contributed by atoms with Crippen LogP contribution in [0.2, 0.25) is 0 Å². The molecule has 1 aliphatic heterocycles. The molecule has 2 aromatic carbocycles. The van der Waals surface area contributed by atoms with Gasteiger partial charge in [0, 0.05) is 5.56 Å². The molecular weight excluding hydrogens is 370 g/mol. The standard InChI is InChI=1S/C19H16BrNO3/c1-3-23-17-9-6-13(10-15(17)20)11-16-19(22)24-18(21-16)14-7-4-12(2)5-8-14/h4-11H,3H2,1-2H3/b16-11+. The molecule has 0 aliphatic carbocycles. The average Bonchev–Trinajstić information content (AvgIpc) is 2.92. The number of hydrogen-bond acceptors (Lipinski definition) is 4. The van der Waals surface area contributed by atoms with E-state index in [1.54, 1.807) is 6.08 Å². The number of hydrogen-bond donors (Lipinski definition) is 0. The molecule has 0 bridgehead atoms. The van der Waals surface area contributed by atoms with Gasteiger partial charge in [-0.25, -0.2) is 9.79 Å². The van der Waals surface area contributed by atoms with Gasteiger partial charge >= 0.3 is 5.97 Å². The smallest absolute Gasteiger partial charge is 0.363 e. The van der Waals surface area contributed by atoms with Crippen molar-refractivity contribution < 1.29 is 14.3 Å². The minimum atomic E-state index is -0.449. The average molecular weight is 386 g/mol. The Morgan fingerprint density at radius 3 is 2.62 bits per heavy atom. The topological polar surface area (TPSA) is 47.9 Å². The minimum absolute atomic E-state index is 0.279. The van der Waals surface area contributed by atoms with Gasteiger partial charge in [0.15, 0.2) is 5.70 Å². The predicted molar refractivity (Wildman–Crippen MR) is 97.1 cm³/mol. The molecule has 1 heterocycles. The predicted octanol–water partition coefficient (Wildman–Crippen LogP) is 4.50. The number of nitrogens with zero attached hydrogens (tertiary/aromatic N) is 1. The molecule has 24 heavy (non-hydrogen) atoms. The van der Waals surface area contributed by atoms with Crippen molar-refractivity contribution in [1.82, 2.24) is 0 Å². The zero-order valence-corrected chi connectivity index (χ0v) is 15.0. The van der Waals surface area contributed by atoms with Crippen molar-refractivity contribution in [3.63, 3.8) is 0 Å². The molecule has 1 aliphatic rings. The van der Waals surface area contributed by atoms with Crippen LogP contribution in [-0.4, -0.2) is 18.5 Å². The van der Waals surface area contributed by atoms with Crippen LogP contribution in [0.1, 0.15) is 23.6 Å². The first-order valence-electron chi connectivity index (χ1n) is 7.59. The Balaban J connectivity index is 1.88. The van der Waals surface area contributed by atoms with E-state index in [-0.39, 0.29) is 5.70 Å². The number of cyclic esters (lactones) is 1. The van der Waals surface area contributed by atoms with Crippen LogP contribution >= 0.6 is 15.9 Å². The van der Waals surface area contributed by atoms with Crippen LogP contribution in [0.5, 0.6) is 5.75 Å². The van der Waals surface area contributed by atoms with Crippen molar-refractivity contribution >= 4 is 33.9 Å².